The molecule has 3 nitrogen and oxygen atoms in total. The van der Waals surface area contributed by atoms with Crippen molar-refractivity contribution >= 4 is 11.6 Å². The average molecular weight is 272 g/mol. The van der Waals surface area contributed by atoms with Crippen LogP contribution in [0.3, 0.4) is 0 Å². The highest BCUT2D eigenvalue weighted by molar-refractivity contribution is 5.86. The van der Waals surface area contributed by atoms with Crippen molar-refractivity contribution in [1.82, 2.24) is 4.90 Å². The van der Waals surface area contributed by atoms with Crippen LogP contribution in [0.15, 0.2) is 24.3 Å². The van der Waals surface area contributed by atoms with Crippen molar-refractivity contribution in [3.8, 4) is 0 Å². The number of anilines is 1. The number of hydrogen-bond donors (Lipinski definition) is 1. The van der Waals surface area contributed by atoms with E-state index >= 15 is 0 Å². The van der Waals surface area contributed by atoms with Crippen molar-refractivity contribution in [2.24, 2.45) is 0 Å². The predicted octanol–water partition coefficient (Wildman–Crippen LogP) is 3.38. The first kappa shape index (κ1) is 13.5. The van der Waals surface area contributed by atoms with Crippen LogP contribution < -0.4 is 5.32 Å². The lowest BCUT2D eigenvalue weighted by atomic mass is 9.88. The van der Waals surface area contributed by atoms with Gasteiger partial charge < -0.3 is 10.2 Å². The lowest BCUT2D eigenvalue weighted by molar-refractivity contribution is -0.134. The maximum Gasteiger partial charge on any atom is 0.230 e. The Morgan fingerprint density at radius 2 is 1.90 bits per heavy atom. The zero-order valence-electron chi connectivity index (χ0n) is 12.3. The summed E-state index contributed by atoms with van der Waals surface area (Å²) in [7, 11) is 2.00. The first-order chi connectivity index (χ1) is 9.77. The van der Waals surface area contributed by atoms with E-state index in [-0.39, 0.29) is 5.92 Å². The topological polar surface area (TPSA) is 32.3 Å². The van der Waals surface area contributed by atoms with Gasteiger partial charge in [-0.05, 0) is 30.9 Å². The molecule has 1 unspecified atom stereocenters. The van der Waals surface area contributed by atoms with Gasteiger partial charge in [0.05, 0.1) is 5.92 Å². The van der Waals surface area contributed by atoms with Crippen molar-refractivity contribution < 1.29 is 4.79 Å². The highest BCUT2D eigenvalue weighted by Crippen LogP contribution is 2.34. The molecule has 1 atom stereocenters. The molecule has 1 saturated carbocycles. The third kappa shape index (κ3) is 2.54. The first-order valence-corrected chi connectivity index (χ1v) is 7.87. The van der Waals surface area contributed by atoms with Gasteiger partial charge in [-0.15, -0.1) is 0 Å². The number of likely N-dealkylation sites (N-methyl/N-ethyl adjacent to an activating group) is 1. The molecule has 3 heteroatoms. The Labute approximate surface area is 121 Å². The van der Waals surface area contributed by atoms with E-state index in [0.717, 1.165) is 18.7 Å². The molecule has 1 fully saturated rings. The SMILES string of the molecule is CN(C(=O)C1CCNc2ccccc21)C1CCCCC1. The molecule has 3 rings (SSSR count). The van der Waals surface area contributed by atoms with Gasteiger partial charge in [-0.25, -0.2) is 0 Å². The van der Waals surface area contributed by atoms with E-state index in [1.165, 1.54) is 37.7 Å². The number of fused-ring (bicyclic) bond motifs is 1. The third-order valence-electron chi connectivity index (χ3n) is 4.85. The number of carbonyl (C=O) groups is 1. The van der Waals surface area contributed by atoms with E-state index in [0.29, 0.717) is 11.9 Å². The summed E-state index contributed by atoms with van der Waals surface area (Å²) >= 11 is 0. The summed E-state index contributed by atoms with van der Waals surface area (Å²) in [4.78, 5) is 14.9. The fourth-order valence-electron chi connectivity index (χ4n) is 3.62. The largest absolute Gasteiger partial charge is 0.385 e. The molecule has 20 heavy (non-hydrogen) atoms. The molecule has 0 radical (unpaired) electrons. The van der Waals surface area contributed by atoms with E-state index < -0.39 is 0 Å². The van der Waals surface area contributed by atoms with Crippen LogP contribution in [-0.2, 0) is 4.79 Å². The van der Waals surface area contributed by atoms with E-state index in [2.05, 4.69) is 17.4 Å². The molecule has 1 aliphatic carbocycles. The van der Waals surface area contributed by atoms with Crippen LogP contribution in [0.2, 0.25) is 0 Å². The van der Waals surface area contributed by atoms with Crippen LogP contribution in [0.5, 0.6) is 0 Å². The Kier molecular flexibility index (Phi) is 3.95. The second kappa shape index (κ2) is 5.86. The van der Waals surface area contributed by atoms with E-state index in [4.69, 9.17) is 0 Å². The molecule has 1 aromatic carbocycles. The summed E-state index contributed by atoms with van der Waals surface area (Å²) in [6, 6.07) is 8.70. The summed E-state index contributed by atoms with van der Waals surface area (Å²) < 4.78 is 0. The quantitative estimate of drug-likeness (QED) is 0.895. The summed E-state index contributed by atoms with van der Waals surface area (Å²) in [5, 5.41) is 3.40. The van der Waals surface area contributed by atoms with Gasteiger partial charge in [0.2, 0.25) is 5.91 Å². The van der Waals surface area contributed by atoms with Crippen LogP contribution >= 0.6 is 0 Å². The standard InChI is InChI=1S/C17H24N2O/c1-19(13-7-3-2-4-8-13)17(20)15-11-12-18-16-10-6-5-9-14(15)16/h5-6,9-10,13,15,18H,2-4,7-8,11-12H2,1H3. The average Bonchev–Trinajstić information content (AvgIpc) is 2.54. The molecule has 1 amide bonds. The lowest BCUT2D eigenvalue weighted by Crippen LogP contribution is -2.42. The van der Waals surface area contributed by atoms with Crippen LogP contribution in [0, 0.1) is 0 Å². The molecule has 108 valence electrons. The Hall–Kier alpha value is -1.51. The summed E-state index contributed by atoms with van der Waals surface area (Å²) in [5.74, 6) is 0.352. The van der Waals surface area contributed by atoms with Crippen molar-refractivity contribution in [1.29, 1.82) is 0 Å². The first-order valence-electron chi connectivity index (χ1n) is 7.87. The van der Waals surface area contributed by atoms with Gasteiger partial charge in [0.1, 0.15) is 0 Å². The molecule has 1 N–H and O–H groups in total. The van der Waals surface area contributed by atoms with Crippen LogP contribution in [0.25, 0.3) is 0 Å². The van der Waals surface area contributed by atoms with Gasteiger partial charge in [0, 0.05) is 25.3 Å². The molecular weight excluding hydrogens is 248 g/mol. The predicted molar refractivity (Wildman–Crippen MR) is 81.9 cm³/mol. The van der Waals surface area contributed by atoms with Crippen LogP contribution in [0.4, 0.5) is 5.69 Å². The minimum atomic E-state index is 0.0411. The van der Waals surface area contributed by atoms with Crippen LogP contribution in [0.1, 0.15) is 50.0 Å². The van der Waals surface area contributed by atoms with Gasteiger partial charge in [0.15, 0.2) is 0 Å². The number of hydrogen-bond acceptors (Lipinski definition) is 2. The maximum atomic E-state index is 12.9. The second-order valence-electron chi connectivity index (χ2n) is 6.10. The Balaban J connectivity index is 1.77. The smallest absolute Gasteiger partial charge is 0.230 e. The highest BCUT2D eigenvalue weighted by Gasteiger charge is 2.31. The monoisotopic (exact) mass is 272 g/mol. The minimum Gasteiger partial charge on any atom is -0.385 e. The number of para-hydroxylation sites is 1. The van der Waals surface area contributed by atoms with Crippen molar-refractivity contribution in [3.63, 3.8) is 0 Å². The maximum absolute atomic E-state index is 12.9. The van der Waals surface area contributed by atoms with E-state index in [1.807, 2.05) is 24.1 Å². The van der Waals surface area contributed by atoms with E-state index in [1.54, 1.807) is 0 Å². The molecule has 0 spiro atoms. The zero-order valence-corrected chi connectivity index (χ0v) is 12.3. The van der Waals surface area contributed by atoms with Gasteiger partial charge >= 0.3 is 0 Å². The minimum absolute atomic E-state index is 0.0411. The van der Waals surface area contributed by atoms with Gasteiger partial charge in [-0.1, -0.05) is 37.5 Å². The van der Waals surface area contributed by atoms with Crippen LogP contribution in [-0.4, -0.2) is 30.4 Å². The molecule has 0 saturated heterocycles. The molecule has 0 aromatic heterocycles. The summed E-state index contributed by atoms with van der Waals surface area (Å²) in [6.07, 6.45) is 7.13. The molecule has 1 aromatic rings. The van der Waals surface area contributed by atoms with Crippen molar-refractivity contribution in [2.45, 2.75) is 50.5 Å². The zero-order chi connectivity index (χ0) is 13.9. The fourth-order valence-corrected chi connectivity index (χ4v) is 3.62. The number of rotatable bonds is 2. The summed E-state index contributed by atoms with van der Waals surface area (Å²) in [5.41, 5.74) is 2.31. The van der Waals surface area contributed by atoms with Crippen molar-refractivity contribution in [2.75, 3.05) is 18.9 Å². The Morgan fingerprint density at radius 3 is 2.70 bits per heavy atom. The molecule has 1 aliphatic heterocycles. The molecule has 1 heterocycles. The second-order valence-corrected chi connectivity index (χ2v) is 6.10. The Morgan fingerprint density at radius 1 is 1.15 bits per heavy atom. The number of amides is 1. The lowest BCUT2D eigenvalue weighted by Gasteiger charge is -2.35. The number of benzene rings is 1. The number of nitrogens with zero attached hydrogens (tertiary/aromatic N) is 1. The fraction of sp³-hybridized carbons (Fsp3) is 0.588. The molecular formula is C17H24N2O. The number of carbonyl (C=O) groups excluding carboxylic acids is 1. The van der Waals surface area contributed by atoms with Gasteiger partial charge in [0.25, 0.3) is 0 Å². The van der Waals surface area contributed by atoms with Gasteiger partial charge in [-0.2, -0.15) is 0 Å². The van der Waals surface area contributed by atoms with Gasteiger partial charge in [-0.3, -0.25) is 4.79 Å². The number of nitrogens with one attached hydrogen (secondary N) is 1. The van der Waals surface area contributed by atoms with Crippen molar-refractivity contribution in [3.05, 3.63) is 29.8 Å². The van der Waals surface area contributed by atoms with E-state index in [9.17, 15) is 4.79 Å². The molecule has 0 bridgehead atoms. The highest BCUT2D eigenvalue weighted by atomic mass is 16.2. The Bertz CT molecular complexity index is 480. The summed E-state index contributed by atoms with van der Waals surface area (Å²) in [6.45, 7) is 0.895. The normalized spacial score (nSPS) is 22.8. The molecule has 2 aliphatic rings. The third-order valence-corrected chi connectivity index (χ3v) is 4.85.